The molecule has 2 aliphatic rings. The highest BCUT2D eigenvalue weighted by Crippen LogP contribution is 2.48. The van der Waals surface area contributed by atoms with Gasteiger partial charge in [-0.1, -0.05) is 32.1 Å². The molecule has 0 saturated carbocycles. The number of likely N-dealkylation sites (N-methyl/N-ethyl adjacent to an activating group) is 2. The molecule has 3 aromatic carbocycles. The lowest BCUT2D eigenvalue weighted by molar-refractivity contribution is -0.438. The van der Waals surface area contributed by atoms with Gasteiger partial charge in [0.2, 0.25) is 47.0 Å². The Morgan fingerprint density at radius 3 is 2.00 bits per heavy atom. The number of nitro benzene ring substituents is 1. The van der Waals surface area contributed by atoms with E-state index < -0.39 is 96.5 Å². The van der Waals surface area contributed by atoms with Crippen LogP contribution in [0.2, 0.25) is 0 Å². The second-order valence-electron chi connectivity index (χ2n) is 24.4. The Bertz CT molecular complexity index is 3760. The van der Waals surface area contributed by atoms with Gasteiger partial charge >= 0.3 is 0 Å². The van der Waals surface area contributed by atoms with E-state index in [-0.39, 0.29) is 122 Å². The number of rotatable bonds is 42. The molecular formula is C66H94N11O19S3+. The zero-order valence-corrected chi connectivity index (χ0v) is 59.6. The topological polar surface area (TPSA) is 425 Å². The number of anilines is 1. The van der Waals surface area contributed by atoms with E-state index >= 15 is 0 Å². The van der Waals surface area contributed by atoms with E-state index in [4.69, 9.17) is 24.7 Å². The van der Waals surface area contributed by atoms with Crippen LogP contribution in [0.3, 0.4) is 0 Å². The Balaban J connectivity index is 1.13. The SMILES string of the molecule is CCN1/C(=C/C=C/C=C/C2=[N+](CCCCCC(=O)NCCCC[C@H](NC(=O)CNC(=O)[C@@H](N)CS)C(=O)NCC(=O)NC(C)c3cc(OC)c(OCCCC(=O)NCCOCCOCC(=O)NC)cc3[N+](=O)[O-])c3ccc(S(=O)(=O)O)cc3C2(C)C)C(C)(C)c2cc(S(=O)(=O)O)ccc21. The number of unbranched alkanes of at least 4 members (excludes halogenated alkanes) is 3. The second-order valence-corrected chi connectivity index (χ2v) is 27.6. The zero-order chi connectivity index (χ0) is 73.3. The van der Waals surface area contributed by atoms with Crippen LogP contribution >= 0.6 is 12.6 Å². The van der Waals surface area contributed by atoms with Gasteiger partial charge in [0.1, 0.15) is 19.2 Å². The Morgan fingerprint density at radius 2 is 1.35 bits per heavy atom. The summed E-state index contributed by atoms with van der Waals surface area (Å²) in [4.78, 5) is 102. The van der Waals surface area contributed by atoms with Crippen LogP contribution in [0.15, 0.2) is 94.4 Å². The molecule has 0 aliphatic carbocycles. The van der Waals surface area contributed by atoms with Gasteiger partial charge in [-0.25, -0.2) is 0 Å². The standard InChI is InChI=1S/C66H93N11O19S3/c1-9-75-51-26-24-44(98(87,88)89)35-47(51)65(3,4)56(75)20-12-10-13-21-57-66(5,6)48-36-45(99(90,91)92)25-27-52(48)76(57)30-17-11-14-22-58(78)69-28-16-15-19-50(74-61(81)40-71-63(83)49(67)42-97)64(84)72-39-60(80)73-43(2)46-37-54(93-8)55(38-53(46)77(85)86)96-31-18-23-59(79)70-29-32-94-33-34-95-41-62(82)68-7/h10,12-13,20-21,24-27,35-38,43,49-50H,9,11,14-19,22-23,28-34,39-42,67H2,1-8H3,(H9-,68,69,70,71,72,73,74,78,79,80,81,82,83,84,87,88,89,90,91,92,97)/p+1/t43?,49-,50-/m0/s1. The number of hydrogen-bond acceptors (Lipinski definition) is 20. The molecule has 11 N–H and O–H groups in total. The average molecular weight is 1440 g/mol. The quantitative estimate of drug-likeness (QED) is 0.00725. The van der Waals surface area contributed by atoms with E-state index in [2.05, 4.69) is 59.3 Å². The van der Waals surface area contributed by atoms with Crippen molar-refractivity contribution in [3.63, 3.8) is 0 Å². The van der Waals surface area contributed by atoms with Gasteiger partial charge in [-0.3, -0.25) is 52.8 Å². The highest BCUT2D eigenvalue weighted by molar-refractivity contribution is 7.86. The number of hydrogen-bond donors (Lipinski definition) is 11. The monoisotopic (exact) mass is 1440 g/mol. The van der Waals surface area contributed by atoms with Gasteiger partial charge in [0, 0.05) is 86.2 Å². The van der Waals surface area contributed by atoms with Crippen molar-refractivity contribution in [3.05, 3.63) is 111 Å². The molecule has 33 heteroatoms. The van der Waals surface area contributed by atoms with E-state index in [1.165, 1.54) is 51.4 Å². The summed E-state index contributed by atoms with van der Waals surface area (Å²) < 4.78 is 92.1. The maximum absolute atomic E-state index is 13.6. The van der Waals surface area contributed by atoms with Gasteiger partial charge in [0.15, 0.2) is 17.2 Å². The van der Waals surface area contributed by atoms with Crippen LogP contribution in [-0.4, -0.2) is 187 Å². The number of nitrogens with zero attached hydrogens (tertiary/aromatic N) is 3. The maximum Gasteiger partial charge on any atom is 0.294 e. The molecule has 7 amide bonds. The number of carbonyl (C=O) groups excluding carboxylic acids is 7. The third-order valence-corrected chi connectivity index (χ3v) is 18.6. The lowest BCUT2D eigenvalue weighted by atomic mass is 9.81. The third kappa shape index (κ3) is 24.0. The predicted octanol–water partition coefficient (Wildman–Crippen LogP) is 4.04. The highest BCUT2D eigenvalue weighted by atomic mass is 32.2. The van der Waals surface area contributed by atoms with Crippen LogP contribution in [-0.2, 0) is 74.1 Å². The number of methoxy groups -OCH3 is 1. The van der Waals surface area contributed by atoms with Gasteiger partial charge in [0.25, 0.3) is 25.9 Å². The third-order valence-electron chi connectivity index (χ3n) is 16.5. The summed E-state index contributed by atoms with van der Waals surface area (Å²) in [6.45, 7) is 12.3. The number of amides is 7. The highest BCUT2D eigenvalue weighted by Gasteiger charge is 2.45. The lowest BCUT2D eigenvalue weighted by Gasteiger charge is -2.25. The smallest absolute Gasteiger partial charge is 0.294 e. The van der Waals surface area contributed by atoms with Crippen LogP contribution in [0.25, 0.3) is 0 Å². The van der Waals surface area contributed by atoms with Crippen molar-refractivity contribution in [1.29, 1.82) is 0 Å². The number of nitrogens with two attached hydrogens (primary N) is 1. The van der Waals surface area contributed by atoms with E-state index in [9.17, 15) is 69.6 Å². The molecule has 544 valence electrons. The first kappa shape index (κ1) is 81.4. The Labute approximate surface area is 583 Å². The van der Waals surface area contributed by atoms with Gasteiger partial charge in [-0.05, 0) is 114 Å². The molecule has 3 aromatic rings. The van der Waals surface area contributed by atoms with Gasteiger partial charge in [-0.15, -0.1) is 0 Å². The molecular weight excluding hydrogens is 1350 g/mol. The molecule has 0 spiro atoms. The Kier molecular flexibility index (Phi) is 31.5. The molecule has 2 aliphatic heterocycles. The summed E-state index contributed by atoms with van der Waals surface area (Å²) in [5.41, 5.74) is 8.85. The molecule has 0 fully saturated rings. The van der Waals surface area contributed by atoms with Crippen molar-refractivity contribution in [1.82, 2.24) is 37.2 Å². The number of ether oxygens (including phenoxy) is 4. The molecule has 0 radical (unpaired) electrons. The molecule has 99 heavy (non-hydrogen) atoms. The molecule has 3 atom stereocenters. The Morgan fingerprint density at radius 1 is 0.717 bits per heavy atom. The molecule has 30 nitrogen and oxygen atoms in total. The fraction of sp³-hybridized carbons (Fsp3) is 0.515. The minimum Gasteiger partial charge on any atom is -0.493 e. The number of carbonyl (C=O) groups is 7. The van der Waals surface area contributed by atoms with E-state index in [0.717, 1.165) is 34.4 Å². The largest absolute Gasteiger partial charge is 0.493 e. The summed E-state index contributed by atoms with van der Waals surface area (Å²) in [7, 11) is -6.12. The van der Waals surface area contributed by atoms with Crippen LogP contribution in [0.1, 0.15) is 122 Å². The van der Waals surface area contributed by atoms with Gasteiger partial charge < -0.3 is 66.8 Å². The van der Waals surface area contributed by atoms with E-state index in [1.807, 2.05) is 65.0 Å². The molecule has 0 aromatic heterocycles. The second kappa shape index (κ2) is 38.3. The van der Waals surface area contributed by atoms with Crippen LogP contribution in [0.4, 0.5) is 17.1 Å². The minimum atomic E-state index is -4.52. The predicted molar refractivity (Wildman–Crippen MR) is 372 cm³/mol. The van der Waals surface area contributed by atoms with Crippen molar-refractivity contribution >= 4 is 97.0 Å². The van der Waals surface area contributed by atoms with Crippen molar-refractivity contribution in [2.75, 3.05) is 97.1 Å². The van der Waals surface area contributed by atoms with Gasteiger partial charge in [-0.2, -0.15) is 34.0 Å². The molecule has 0 bridgehead atoms. The molecule has 1 unspecified atom stereocenters. The van der Waals surface area contributed by atoms with Crippen LogP contribution < -0.4 is 57.3 Å². The number of nitro groups is 1. The fourth-order valence-electron chi connectivity index (χ4n) is 11.2. The molecule has 5 rings (SSSR count). The first-order chi connectivity index (χ1) is 46.8. The molecule has 0 saturated heterocycles. The maximum atomic E-state index is 13.6. The summed E-state index contributed by atoms with van der Waals surface area (Å²) in [5.74, 6) is -3.53. The number of fused-ring (bicyclic) bond motifs is 2. The van der Waals surface area contributed by atoms with Crippen molar-refractivity contribution in [3.8, 4) is 11.5 Å². The summed E-state index contributed by atoms with van der Waals surface area (Å²) in [6, 6.07) is 8.33. The first-order valence-corrected chi connectivity index (χ1v) is 35.9. The summed E-state index contributed by atoms with van der Waals surface area (Å²) in [6.07, 6.45) is 12.6. The van der Waals surface area contributed by atoms with Crippen molar-refractivity contribution in [2.24, 2.45) is 5.73 Å². The normalized spacial score (nSPS) is 15.2. The molecule has 2 heterocycles. The zero-order valence-electron chi connectivity index (χ0n) is 57.1. The van der Waals surface area contributed by atoms with Gasteiger partial charge in [0.05, 0.1) is 90.5 Å². The summed E-state index contributed by atoms with van der Waals surface area (Å²) >= 11 is 4.00. The minimum absolute atomic E-state index is 0.00508. The Hall–Kier alpha value is -8.31. The summed E-state index contributed by atoms with van der Waals surface area (Å²) in [5, 5.41) is 30.4. The van der Waals surface area contributed by atoms with Crippen molar-refractivity contribution in [2.45, 2.75) is 138 Å². The fourth-order valence-corrected chi connectivity index (χ4v) is 12.4. The van der Waals surface area contributed by atoms with Crippen molar-refractivity contribution < 1.29 is 87.9 Å². The van der Waals surface area contributed by atoms with E-state index in [0.29, 0.717) is 50.8 Å². The number of benzene rings is 3. The average Bonchev–Trinajstić information content (AvgIpc) is 1.60. The number of thiol groups is 1. The number of nitrogens with one attached hydrogen (secondary N) is 7. The van der Waals surface area contributed by atoms with Crippen LogP contribution in [0, 0.1) is 10.1 Å². The number of allylic oxidation sites excluding steroid dienone is 6. The first-order valence-electron chi connectivity index (χ1n) is 32.4. The van der Waals surface area contributed by atoms with Crippen LogP contribution in [0.5, 0.6) is 11.5 Å². The lowest BCUT2D eigenvalue weighted by Crippen LogP contribution is -2.52. The van der Waals surface area contributed by atoms with E-state index in [1.54, 1.807) is 12.1 Å².